The van der Waals surface area contributed by atoms with Crippen LogP contribution in [0.3, 0.4) is 0 Å². The predicted molar refractivity (Wildman–Crippen MR) is 43.2 cm³/mol. The van der Waals surface area contributed by atoms with Crippen LogP contribution < -0.4 is 0 Å². The molecule has 0 aromatic rings. The van der Waals surface area contributed by atoms with Crippen LogP contribution in [0.25, 0.3) is 0 Å². The molecular formula is C4H11BrSi2. The van der Waals surface area contributed by atoms with E-state index in [2.05, 4.69) is 28.4 Å². The van der Waals surface area contributed by atoms with Gasteiger partial charge in [-0.05, 0) is 0 Å². The Balaban J connectivity index is 2.29. The van der Waals surface area contributed by atoms with Gasteiger partial charge in [0.05, 0.1) is 0 Å². The normalized spacial score (nSPS) is 51.0. The zero-order chi connectivity index (χ0) is 5.49. The number of halogens is 1. The van der Waals surface area contributed by atoms with E-state index in [1.807, 2.05) is 0 Å². The monoisotopic (exact) mass is 194 g/mol. The highest BCUT2D eigenvalue weighted by atomic mass is 79.9. The van der Waals surface area contributed by atoms with Crippen LogP contribution >= 0.6 is 15.3 Å². The summed E-state index contributed by atoms with van der Waals surface area (Å²) in [6.45, 7) is 4.26. The molecule has 1 aliphatic rings. The van der Waals surface area contributed by atoms with E-state index in [0.29, 0.717) is 0 Å². The van der Waals surface area contributed by atoms with E-state index in [-0.39, 0.29) is 8.80 Å². The minimum Gasteiger partial charge on any atom is -0.127 e. The molecule has 0 atom stereocenters. The van der Waals surface area contributed by atoms with Gasteiger partial charge in [0.15, 0.2) is 0 Å². The lowest BCUT2D eigenvalue weighted by molar-refractivity contribution is 1.50. The van der Waals surface area contributed by atoms with Crippen molar-refractivity contribution in [1.29, 1.82) is 0 Å². The van der Waals surface area contributed by atoms with Gasteiger partial charge in [-0.15, -0.1) is 15.3 Å². The van der Waals surface area contributed by atoms with Crippen molar-refractivity contribution >= 4 is 30.8 Å². The van der Waals surface area contributed by atoms with Crippen molar-refractivity contribution in [3.8, 4) is 0 Å². The summed E-state index contributed by atoms with van der Waals surface area (Å²) in [7, 11) is -0.0793. The Morgan fingerprint density at radius 3 is 2.00 bits per heavy atom. The maximum atomic E-state index is 3.78. The molecule has 1 saturated heterocycles. The van der Waals surface area contributed by atoms with Crippen LogP contribution in [0.2, 0.25) is 24.4 Å². The third kappa shape index (κ3) is 1.40. The van der Waals surface area contributed by atoms with E-state index in [1.165, 1.54) is 0 Å². The Labute approximate surface area is 55.5 Å². The molecule has 0 aliphatic carbocycles. The molecule has 1 rings (SSSR count). The second-order valence-electron chi connectivity index (χ2n) is 2.93. The van der Waals surface area contributed by atoms with Gasteiger partial charge in [-0.3, -0.25) is 0 Å². The molecule has 0 amide bonds. The molecule has 0 bridgehead atoms. The molecule has 0 radical (unpaired) electrons. The van der Waals surface area contributed by atoms with Crippen molar-refractivity contribution in [2.24, 2.45) is 0 Å². The van der Waals surface area contributed by atoms with E-state index in [9.17, 15) is 0 Å². The fourth-order valence-electron chi connectivity index (χ4n) is 1.39. The van der Waals surface area contributed by atoms with Gasteiger partial charge in [-0.1, -0.05) is 24.4 Å². The second kappa shape index (κ2) is 1.70. The fourth-order valence-corrected chi connectivity index (χ4v) is 22.5. The van der Waals surface area contributed by atoms with Crippen LogP contribution in [-0.4, -0.2) is 15.5 Å². The minimum atomic E-state index is -0.639. The van der Waals surface area contributed by atoms with Crippen molar-refractivity contribution in [1.82, 2.24) is 0 Å². The first-order chi connectivity index (χ1) is 3.10. The molecule has 0 unspecified atom stereocenters. The van der Waals surface area contributed by atoms with E-state index in [0.717, 1.165) is 0 Å². The zero-order valence-electron chi connectivity index (χ0n) is 4.87. The second-order valence-corrected chi connectivity index (χ2v) is 17.0. The van der Waals surface area contributed by atoms with Crippen molar-refractivity contribution in [3.05, 3.63) is 0 Å². The summed E-state index contributed by atoms with van der Waals surface area (Å²) < 4.78 is 0. The van der Waals surface area contributed by atoms with Crippen LogP contribution in [0.1, 0.15) is 0 Å². The third-order valence-corrected chi connectivity index (χ3v) is 19.8. The number of rotatable bonds is 0. The zero-order valence-corrected chi connectivity index (χ0v) is 8.61. The number of hydrogen-bond acceptors (Lipinski definition) is 0. The fraction of sp³-hybridized carbons (Fsp3) is 1.00. The molecule has 42 valence electrons. The maximum absolute atomic E-state index is 3.78. The maximum Gasteiger partial charge on any atom is 0.121 e. The highest BCUT2D eigenvalue weighted by molar-refractivity contribution is 9.26. The Bertz CT molecular complexity index is 73.8. The Hall–Kier alpha value is 0.914. The first-order valence-electron chi connectivity index (χ1n) is 2.79. The van der Waals surface area contributed by atoms with Gasteiger partial charge in [0, 0.05) is 8.80 Å². The van der Waals surface area contributed by atoms with Gasteiger partial charge < -0.3 is 0 Å². The van der Waals surface area contributed by atoms with E-state index >= 15 is 0 Å². The van der Waals surface area contributed by atoms with Crippen molar-refractivity contribution < 1.29 is 0 Å². The third-order valence-electron chi connectivity index (χ3n) is 1.55. The average molecular weight is 195 g/mol. The molecule has 7 heavy (non-hydrogen) atoms. The Morgan fingerprint density at radius 1 is 1.57 bits per heavy atom. The SMILES string of the molecule is C[SiH]1C[Si](C)(Br)C1. The van der Waals surface area contributed by atoms with E-state index in [4.69, 9.17) is 0 Å². The summed E-state index contributed by atoms with van der Waals surface area (Å²) in [5, 5.41) is 0. The van der Waals surface area contributed by atoms with Crippen LogP contribution in [0, 0.1) is 0 Å². The smallest absolute Gasteiger partial charge is 0.121 e. The number of hydrogen-bond donors (Lipinski definition) is 0. The molecule has 3 heteroatoms. The van der Waals surface area contributed by atoms with Gasteiger partial charge in [-0.25, -0.2) is 0 Å². The summed E-state index contributed by atoms with van der Waals surface area (Å²) in [4.78, 5) is 0. The summed E-state index contributed by atoms with van der Waals surface area (Å²) in [5.41, 5.74) is 3.26. The highest BCUT2D eigenvalue weighted by Crippen LogP contribution is 2.35. The van der Waals surface area contributed by atoms with Gasteiger partial charge in [0.1, 0.15) is 6.69 Å². The largest absolute Gasteiger partial charge is 0.127 e. The average Bonchev–Trinajstić information content (AvgIpc) is 1.27. The summed E-state index contributed by atoms with van der Waals surface area (Å²) in [6, 6.07) is 0. The summed E-state index contributed by atoms with van der Waals surface area (Å²) in [5.74, 6) is 0. The van der Waals surface area contributed by atoms with Crippen LogP contribution in [0.15, 0.2) is 0 Å². The molecule has 0 spiro atoms. The van der Waals surface area contributed by atoms with Crippen molar-refractivity contribution in [3.63, 3.8) is 0 Å². The molecule has 1 aliphatic heterocycles. The summed E-state index contributed by atoms with van der Waals surface area (Å²) in [6.07, 6.45) is 0. The Kier molecular flexibility index (Phi) is 1.47. The van der Waals surface area contributed by atoms with E-state index in [1.54, 1.807) is 11.3 Å². The van der Waals surface area contributed by atoms with E-state index < -0.39 is 6.69 Å². The lowest BCUT2D eigenvalue weighted by Crippen LogP contribution is -2.43. The molecule has 0 nitrogen and oxygen atoms in total. The van der Waals surface area contributed by atoms with Gasteiger partial charge in [0.2, 0.25) is 0 Å². The highest BCUT2D eigenvalue weighted by Gasteiger charge is 2.37. The molecular weight excluding hydrogens is 184 g/mol. The summed E-state index contributed by atoms with van der Waals surface area (Å²) >= 11 is 3.78. The predicted octanol–water partition coefficient (Wildman–Crippen LogP) is 1.91. The van der Waals surface area contributed by atoms with Gasteiger partial charge in [-0.2, -0.15) is 0 Å². The van der Waals surface area contributed by atoms with Crippen LogP contribution in [0.4, 0.5) is 0 Å². The molecule has 0 aromatic carbocycles. The van der Waals surface area contributed by atoms with Crippen molar-refractivity contribution in [2.75, 3.05) is 0 Å². The molecule has 1 heterocycles. The quantitative estimate of drug-likeness (QED) is 0.409. The lowest BCUT2D eigenvalue weighted by Gasteiger charge is -2.35. The van der Waals surface area contributed by atoms with Crippen LogP contribution in [-0.2, 0) is 0 Å². The van der Waals surface area contributed by atoms with Gasteiger partial charge >= 0.3 is 0 Å². The van der Waals surface area contributed by atoms with Gasteiger partial charge in [0.25, 0.3) is 0 Å². The molecule has 0 saturated carbocycles. The first kappa shape index (κ1) is 6.04. The van der Waals surface area contributed by atoms with Crippen LogP contribution in [0.5, 0.6) is 0 Å². The minimum absolute atomic E-state index is 0.0793. The Morgan fingerprint density at radius 2 is 2.00 bits per heavy atom. The topological polar surface area (TPSA) is 0 Å². The van der Waals surface area contributed by atoms with Crippen molar-refractivity contribution in [2.45, 2.75) is 24.4 Å². The molecule has 0 N–H and O–H groups in total. The first-order valence-corrected chi connectivity index (χ1v) is 10.7. The standard InChI is InChI=1S/C4H11BrSi2/c1-6-3-7(2,5)4-6/h6H,3-4H2,1-2H3. The molecule has 1 fully saturated rings. The molecule has 0 aromatic heterocycles. The lowest BCUT2D eigenvalue weighted by atomic mass is 11.7.